The van der Waals surface area contributed by atoms with E-state index in [4.69, 9.17) is 39.9 Å². The second kappa shape index (κ2) is 22.6. The molecular formula is C80H40F8N8. The minimum atomic E-state index is -1.06. The standard InChI is InChI=1S/C80H40F8N8/c81-57-33-65-66(34-58(57)82)90-74-51-21-5-43(6-22-51)44-9-25-53(26-10-44)77-78(94-70-38-62(86)61(85)37-69(70)93-77)55-29-13-47(14-30-55)48-15-31-56(32-16-48)80-79(95-71-39-63(87)64(88)40-72(71)96-80)54-27-11-46(12-28-54)45-7-23-52(24-8-45)76-75(91-67-35-59(83)60(84)36-68(67)92-76)50-19-3-42(4-20-50)41-1-17-49(18-2-41)73(74)89-65/h1-40H. The molecule has 4 heterocycles. The van der Waals surface area contributed by atoms with Crippen molar-refractivity contribution in [3.63, 3.8) is 0 Å². The average molecular weight is 1270 g/mol. The monoisotopic (exact) mass is 1260 g/mol. The molecule has 0 saturated carbocycles. The van der Waals surface area contributed by atoms with Crippen LogP contribution in [0.25, 0.3) is 179 Å². The Labute approximate surface area is 540 Å². The minimum absolute atomic E-state index is 0.160. The van der Waals surface area contributed by atoms with E-state index >= 15 is 0 Å². The van der Waals surface area contributed by atoms with Crippen LogP contribution >= 0.6 is 0 Å². The van der Waals surface area contributed by atoms with Gasteiger partial charge >= 0.3 is 0 Å². The van der Waals surface area contributed by atoms with E-state index in [-0.39, 0.29) is 44.1 Å². The molecule has 0 spiro atoms. The summed E-state index contributed by atoms with van der Waals surface area (Å²) < 4.78 is 119. The van der Waals surface area contributed by atoms with Gasteiger partial charge in [0.15, 0.2) is 46.5 Å². The first kappa shape index (κ1) is 57.3. The molecule has 16 aromatic rings. The normalized spacial score (nSPS) is 11.8. The number of nitrogens with zero attached hydrogens (tertiary/aromatic N) is 8. The summed E-state index contributed by atoms with van der Waals surface area (Å²) in [5, 5.41) is 0. The second-order valence-electron chi connectivity index (χ2n) is 23.3. The van der Waals surface area contributed by atoms with Crippen molar-refractivity contribution in [3.8, 4) is 135 Å². The fraction of sp³-hybridized carbons (Fsp3) is 0. The molecule has 0 unspecified atom stereocenters. The van der Waals surface area contributed by atoms with Crippen LogP contribution in [0, 0.1) is 46.5 Å². The Hall–Kier alpha value is -12.6. The predicted molar refractivity (Wildman–Crippen MR) is 357 cm³/mol. The Morgan fingerprint density at radius 2 is 0.208 bits per heavy atom. The maximum atomic E-state index is 14.8. The van der Waals surface area contributed by atoms with Gasteiger partial charge in [-0.15, -0.1) is 0 Å². The van der Waals surface area contributed by atoms with Crippen molar-refractivity contribution >= 4 is 44.1 Å². The highest BCUT2D eigenvalue weighted by Gasteiger charge is 2.23. The van der Waals surface area contributed by atoms with E-state index in [9.17, 15) is 35.1 Å². The third-order valence-corrected chi connectivity index (χ3v) is 17.4. The molecule has 4 aromatic heterocycles. The van der Waals surface area contributed by atoms with Gasteiger partial charge in [0.2, 0.25) is 0 Å². The lowest BCUT2D eigenvalue weighted by Gasteiger charge is -2.14. The van der Waals surface area contributed by atoms with Gasteiger partial charge in [0.25, 0.3) is 0 Å². The molecule has 96 heavy (non-hydrogen) atoms. The first-order valence-corrected chi connectivity index (χ1v) is 30.3. The van der Waals surface area contributed by atoms with E-state index in [1.807, 2.05) is 194 Å². The summed E-state index contributed by atoms with van der Waals surface area (Å²) in [6.45, 7) is 0. The summed E-state index contributed by atoms with van der Waals surface area (Å²) in [6, 6.07) is 69.0. The molecule has 0 atom stereocenters. The Morgan fingerprint density at radius 1 is 0.125 bits per heavy atom. The van der Waals surface area contributed by atoms with Crippen LogP contribution in [0.4, 0.5) is 35.1 Å². The predicted octanol–water partition coefficient (Wildman–Crippen LogP) is 20.9. The zero-order chi connectivity index (χ0) is 65.0. The van der Waals surface area contributed by atoms with Crippen LogP contribution in [-0.4, -0.2) is 39.9 Å². The highest BCUT2D eigenvalue weighted by molar-refractivity contribution is 5.93. The summed E-state index contributed by atoms with van der Waals surface area (Å²) in [6.07, 6.45) is 0. The van der Waals surface area contributed by atoms with E-state index in [2.05, 4.69) is 0 Å². The highest BCUT2D eigenvalue weighted by Crippen LogP contribution is 2.41. The van der Waals surface area contributed by atoms with E-state index in [1.54, 1.807) is 0 Å². The molecule has 13 aliphatic rings. The number of halogens is 8. The fourth-order valence-corrected chi connectivity index (χ4v) is 12.4. The molecule has 0 N–H and O–H groups in total. The molecule has 12 aromatic carbocycles. The molecule has 0 amide bonds. The van der Waals surface area contributed by atoms with E-state index in [0.29, 0.717) is 90.1 Å². The van der Waals surface area contributed by atoms with Crippen molar-refractivity contribution < 1.29 is 35.1 Å². The van der Waals surface area contributed by atoms with Crippen molar-refractivity contribution in [2.75, 3.05) is 0 Å². The largest absolute Gasteiger partial charge is 0.244 e. The van der Waals surface area contributed by atoms with Gasteiger partial charge in [-0.25, -0.2) is 75.0 Å². The van der Waals surface area contributed by atoms with Crippen molar-refractivity contribution in [1.29, 1.82) is 0 Å². The van der Waals surface area contributed by atoms with Gasteiger partial charge in [-0.05, 0) is 44.5 Å². The smallest absolute Gasteiger partial charge is 0.161 e. The van der Waals surface area contributed by atoms with Gasteiger partial charge in [0.1, 0.15) is 0 Å². The molecule has 0 saturated heterocycles. The van der Waals surface area contributed by atoms with Gasteiger partial charge in [0, 0.05) is 93.0 Å². The molecule has 16 bridgehead atoms. The summed E-state index contributed by atoms with van der Waals surface area (Å²) in [4.78, 5) is 39.0. The number of benzene rings is 12. The maximum absolute atomic E-state index is 14.8. The average Bonchev–Trinajstić information content (AvgIpc) is 0.800. The van der Waals surface area contributed by atoms with Crippen LogP contribution in [0.15, 0.2) is 243 Å². The summed E-state index contributed by atoms with van der Waals surface area (Å²) >= 11 is 0. The van der Waals surface area contributed by atoms with Gasteiger partial charge in [-0.1, -0.05) is 194 Å². The van der Waals surface area contributed by atoms with Crippen molar-refractivity contribution in [2.24, 2.45) is 0 Å². The minimum Gasteiger partial charge on any atom is -0.244 e. The lowest BCUT2D eigenvalue weighted by molar-refractivity contribution is 0.510. The Bertz CT molecular complexity index is 4770. The number of hydrogen-bond acceptors (Lipinski definition) is 8. The van der Waals surface area contributed by atoms with Crippen LogP contribution in [0.2, 0.25) is 0 Å². The van der Waals surface area contributed by atoms with Crippen LogP contribution in [0.5, 0.6) is 0 Å². The Morgan fingerprint density at radius 3 is 0.302 bits per heavy atom. The third kappa shape index (κ3) is 10.2. The zero-order valence-electron chi connectivity index (χ0n) is 49.7. The molecule has 8 nitrogen and oxygen atoms in total. The molecule has 13 aliphatic carbocycles. The van der Waals surface area contributed by atoms with E-state index in [0.717, 1.165) is 93.0 Å². The number of aromatic nitrogens is 8. The van der Waals surface area contributed by atoms with Crippen LogP contribution in [0.3, 0.4) is 0 Å². The van der Waals surface area contributed by atoms with Crippen LogP contribution in [-0.2, 0) is 0 Å². The van der Waals surface area contributed by atoms with E-state index < -0.39 is 46.5 Å². The van der Waals surface area contributed by atoms with Crippen molar-refractivity contribution in [2.45, 2.75) is 0 Å². The van der Waals surface area contributed by atoms with Crippen LogP contribution < -0.4 is 0 Å². The summed E-state index contributed by atoms with van der Waals surface area (Å²) in [5.74, 6) is -8.49. The molecule has 456 valence electrons. The molecule has 29 rings (SSSR count). The topological polar surface area (TPSA) is 103 Å². The van der Waals surface area contributed by atoms with E-state index in [1.165, 1.54) is 0 Å². The lowest BCUT2D eigenvalue weighted by atomic mass is 9.95. The summed E-state index contributed by atoms with van der Waals surface area (Å²) in [7, 11) is 0. The molecule has 0 fully saturated rings. The lowest BCUT2D eigenvalue weighted by Crippen LogP contribution is -1.98. The molecule has 0 aliphatic heterocycles. The third-order valence-electron chi connectivity index (χ3n) is 17.4. The molecular weight excluding hydrogens is 1220 g/mol. The van der Waals surface area contributed by atoms with Crippen LogP contribution in [0.1, 0.15) is 0 Å². The number of hydrogen-bond donors (Lipinski definition) is 0. The molecule has 16 heteroatoms. The SMILES string of the molecule is Fc1cc2nc3c(nc2cc1F)-c1ccc(cc1)-c1ccc(cc1)-c1nc2cc(F)c(F)cc2nc1-c1ccc(cc1)-c1ccc(cc1)-c1nc2cc(F)c(F)cc2nc1-c1ccc(cc1)-c1ccc(cc1)-c1nc2cc(F)c(F)cc2nc1-c1ccc(cc1)-c1ccc-3cc1. The molecule has 0 radical (unpaired) electrons. The van der Waals surface area contributed by atoms with Crippen molar-refractivity contribution in [1.82, 2.24) is 39.9 Å². The first-order chi connectivity index (χ1) is 46.7. The number of fused-ring (bicyclic) bond motifs is 4. The first-order valence-electron chi connectivity index (χ1n) is 30.3. The quantitative estimate of drug-likeness (QED) is 0.138. The maximum Gasteiger partial charge on any atom is 0.161 e. The van der Waals surface area contributed by atoms with Gasteiger partial charge < -0.3 is 0 Å². The summed E-state index contributed by atoms with van der Waals surface area (Å²) in [5.41, 5.74) is 16.6. The zero-order valence-corrected chi connectivity index (χ0v) is 49.7. The highest BCUT2D eigenvalue weighted by atomic mass is 19.2. The second-order valence-corrected chi connectivity index (χ2v) is 23.3. The van der Waals surface area contributed by atoms with Gasteiger partial charge in [0.05, 0.1) is 89.7 Å². The van der Waals surface area contributed by atoms with Gasteiger partial charge in [-0.2, -0.15) is 0 Å². The number of rotatable bonds is 0. The Balaban J connectivity index is 0.799. The van der Waals surface area contributed by atoms with Gasteiger partial charge in [-0.3, -0.25) is 0 Å². The van der Waals surface area contributed by atoms with Crippen molar-refractivity contribution in [3.05, 3.63) is 289 Å². The Kier molecular flexibility index (Phi) is 13.5. The fourth-order valence-electron chi connectivity index (χ4n) is 12.4.